The summed E-state index contributed by atoms with van der Waals surface area (Å²) in [6.07, 6.45) is 8.30. The first-order valence-corrected chi connectivity index (χ1v) is 12.2. The Kier molecular flexibility index (Phi) is 12.4. The van der Waals surface area contributed by atoms with Gasteiger partial charge in [-0.05, 0) is 44.0 Å². The molecule has 0 aliphatic rings. The van der Waals surface area contributed by atoms with Gasteiger partial charge in [0.05, 0.1) is 5.92 Å². The molecule has 0 aliphatic heterocycles. The molecule has 0 fully saturated rings. The Balaban J connectivity index is 2.19. The number of carboxylic acid groups (broad SMARTS) is 1. The number of benzene rings is 1. The van der Waals surface area contributed by atoms with Crippen molar-refractivity contribution in [3.05, 3.63) is 24.3 Å². The number of aliphatic carboxylic acids is 1. The number of amides is 1. The fraction of sp³-hybridized carbons (Fsp3) is 0.619. The Labute approximate surface area is 178 Å². The molecule has 30 heavy (non-hydrogen) atoms. The van der Waals surface area contributed by atoms with E-state index in [9.17, 15) is 14.2 Å². The number of hydrogen-bond acceptors (Lipinski definition) is 4. The van der Waals surface area contributed by atoms with Crippen LogP contribution in [0.3, 0.4) is 0 Å². The summed E-state index contributed by atoms with van der Waals surface area (Å²) in [5, 5.41) is 8.87. The summed E-state index contributed by atoms with van der Waals surface area (Å²) >= 11 is 0. The smallest absolute Gasteiger partial charge is 0.325 e. The minimum atomic E-state index is -3.85. The third kappa shape index (κ3) is 12.0. The van der Waals surface area contributed by atoms with Gasteiger partial charge in [0.2, 0.25) is 6.41 Å². The number of hydrogen-bond donors (Lipinski definition) is 3. The standard InChI is InChI=1S/C21H34NO7P/c1-18(21(24)25)16-29-20-12-10-19(11-13-20)22(17-23)14-8-6-4-2-3-5-7-9-15-30(26,27)28/h10-13,17-18H,2-9,14-16H2,1H3,(H,24,25)(H2,26,27,28). The minimum absolute atomic E-state index is 0.0247. The molecule has 0 aromatic heterocycles. The number of carbonyl (C=O) groups excluding carboxylic acids is 1. The van der Waals surface area contributed by atoms with E-state index in [0.29, 0.717) is 18.7 Å². The van der Waals surface area contributed by atoms with Gasteiger partial charge in [0.1, 0.15) is 12.4 Å². The normalized spacial score (nSPS) is 12.4. The molecule has 0 heterocycles. The van der Waals surface area contributed by atoms with Crippen LogP contribution in [0.25, 0.3) is 0 Å². The molecule has 0 radical (unpaired) electrons. The first-order valence-electron chi connectivity index (χ1n) is 10.4. The SMILES string of the molecule is CC(COc1ccc(N(C=O)CCCCCCCCCCP(=O)(O)O)cc1)C(=O)O. The molecule has 0 saturated carbocycles. The summed E-state index contributed by atoms with van der Waals surface area (Å²) in [6, 6.07) is 7.03. The average molecular weight is 443 g/mol. The minimum Gasteiger partial charge on any atom is -0.493 e. The van der Waals surface area contributed by atoms with Crippen molar-refractivity contribution in [3.8, 4) is 5.75 Å². The van der Waals surface area contributed by atoms with Gasteiger partial charge in [-0.2, -0.15) is 0 Å². The number of unbranched alkanes of at least 4 members (excludes halogenated alkanes) is 7. The van der Waals surface area contributed by atoms with Crippen LogP contribution < -0.4 is 9.64 Å². The molecule has 1 aromatic carbocycles. The molecule has 9 heteroatoms. The van der Waals surface area contributed by atoms with Crippen molar-refractivity contribution in [2.24, 2.45) is 5.92 Å². The van der Waals surface area contributed by atoms with Gasteiger partial charge in [-0.1, -0.05) is 38.5 Å². The molecular weight excluding hydrogens is 409 g/mol. The average Bonchev–Trinajstić information content (AvgIpc) is 2.70. The van der Waals surface area contributed by atoms with Crippen LogP contribution in [0.15, 0.2) is 24.3 Å². The maximum atomic E-state index is 11.4. The van der Waals surface area contributed by atoms with Gasteiger partial charge >= 0.3 is 13.6 Å². The highest BCUT2D eigenvalue weighted by Crippen LogP contribution is 2.35. The number of rotatable bonds is 17. The van der Waals surface area contributed by atoms with Gasteiger partial charge in [-0.3, -0.25) is 14.2 Å². The van der Waals surface area contributed by atoms with Crippen LogP contribution in [-0.4, -0.2) is 46.6 Å². The molecular formula is C21H34NO7P. The van der Waals surface area contributed by atoms with Crippen molar-refractivity contribution in [2.45, 2.75) is 58.3 Å². The van der Waals surface area contributed by atoms with Crippen LogP contribution in [-0.2, 0) is 14.2 Å². The Hall–Kier alpha value is -1.89. The summed E-state index contributed by atoms with van der Waals surface area (Å²) in [5.41, 5.74) is 0.772. The molecule has 8 nitrogen and oxygen atoms in total. The molecule has 0 saturated heterocycles. The molecule has 1 rings (SSSR count). The van der Waals surface area contributed by atoms with Gasteiger partial charge in [0, 0.05) is 18.4 Å². The summed E-state index contributed by atoms with van der Waals surface area (Å²) in [6.45, 7) is 2.30. The van der Waals surface area contributed by atoms with Crippen LogP contribution >= 0.6 is 7.60 Å². The molecule has 1 amide bonds. The van der Waals surface area contributed by atoms with E-state index >= 15 is 0 Å². The van der Waals surface area contributed by atoms with E-state index < -0.39 is 19.5 Å². The van der Waals surface area contributed by atoms with Crippen LogP contribution in [0.5, 0.6) is 5.75 Å². The van der Waals surface area contributed by atoms with Crippen LogP contribution in [0, 0.1) is 5.92 Å². The van der Waals surface area contributed by atoms with E-state index in [-0.39, 0.29) is 12.8 Å². The molecule has 170 valence electrons. The highest BCUT2D eigenvalue weighted by Gasteiger charge is 2.12. The molecule has 0 spiro atoms. The summed E-state index contributed by atoms with van der Waals surface area (Å²) in [5.74, 6) is -0.923. The second kappa shape index (κ2) is 14.2. The zero-order chi connectivity index (χ0) is 22.4. The van der Waals surface area contributed by atoms with Crippen molar-refractivity contribution in [3.63, 3.8) is 0 Å². The summed E-state index contributed by atoms with van der Waals surface area (Å²) < 4.78 is 16.2. The predicted octanol–water partition coefficient (Wildman–Crippen LogP) is 4.05. The Bertz CT molecular complexity index is 674. The fourth-order valence-corrected chi connectivity index (χ4v) is 3.57. The molecule has 1 unspecified atom stereocenters. The number of carbonyl (C=O) groups is 2. The Morgan fingerprint density at radius 3 is 2.07 bits per heavy atom. The highest BCUT2D eigenvalue weighted by molar-refractivity contribution is 7.51. The summed E-state index contributed by atoms with van der Waals surface area (Å²) in [4.78, 5) is 41.4. The quantitative estimate of drug-likeness (QED) is 0.188. The first-order chi connectivity index (χ1) is 14.2. The zero-order valence-electron chi connectivity index (χ0n) is 17.6. The van der Waals surface area contributed by atoms with Gasteiger partial charge in [0.15, 0.2) is 0 Å². The maximum Gasteiger partial charge on any atom is 0.325 e. The predicted molar refractivity (Wildman–Crippen MR) is 116 cm³/mol. The topological polar surface area (TPSA) is 124 Å². The van der Waals surface area contributed by atoms with Crippen molar-refractivity contribution >= 4 is 25.7 Å². The molecule has 1 aromatic rings. The second-order valence-electron chi connectivity index (χ2n) is 7.56. The van der Waals surface area contributed by atoms with Crippen LogP contribution in [0.2, 0.25) is 0 Å². The maximum absolute atomic E-state index is 11.4. The lowest BCUT2D eigenvalue weighted by Gasteiger charge is -2.18. The van der Waals surface area contributed by atoms with Crippen molar-refractivity contribution in [1.82, 2.24) is 0 Å². The first kappa shape index (κ1) is 26.1. The highest BCUT2D eigenvalue weighted by atomic mass is 31.2. The van der Waals surface area contributed by atoms with Crippen molar-refractivity contribution in [2.75, 3.05) is 24.2 Å². The second-order valence-corrected chi connectivity index (χ2v) is 9.34. The lowest BCUT2D eigenvalue weighted by molar-refractivity contribution is -0.142. The Morgan fingerprint density at radius 2 is 1.57 bits per heavy atom. The van der Waals surface area contributed by atoms with Gasteiger partial charge in [-0.15, -0.1) is 0 Å². The monoisotopic (exact) mass is 443 g/mol. The number of carboxylic acids is 1. The van der Waals surface area contributed by atoms with E-state index in [1.54, 1.807) is 36.1 Å². The largest absolute Gasteiger partial charge is 0.493 e. The molecule has 3 N–H and O–H groups in total. The number of ether oxygens (including phenoxy) is 1. The van der Waals surface area contributed by atoms with E-state index in [1.807, 2.05) is 0 Å². The van der Waals surface area contributed by atoms with Crippen LogP contribution in [0.4, 0.5) is 5.69 Å². The van der Waals surface area contributed by atoms with Gasteiger partial charge in [-0.25, -0.2) is 0 Å². The fourth-order valence-electron chi connectivity index (χ4n) is 2.93. The molecule has 0 aliphatic carbocycles. The van der Waals surface area contributed by atoms with E-state index in [0.717, 1.165) is 57.0 Å². The van der Waals surface area contributed by atoms with E-state index in [4.69, 9.17) is 19.6 Å². The Morgan fingerprint density at radius 1 is 1.03 bits per heavy atom. The van der Waals surface area contributed by atoms with Gasteiger partial charge in [0.25, 0.3) is 0 Å². The van der Waals surface area contributed by atoms with E-state index in [1.165, 1.54) is 0 Å². The van der Waals surface area contributed by atoms with Crippen molar-refractivity contribution < 1.29 is 33.8 Å². The van der Waals surface area contributed by atoms with Crippen molar-refractivity contribution in [1.29, 1.82) is 0 Å². The third-order valence-corrected chi connectivity index (χ3v) is 5.71. The summed E-state index contributed by atoms with van der Waals surface area (Å²) in [7, 11) is -3.85. The lowest BCUT2D eigenvalue weighted by Crippen LogP contribution is -2.22. The van der Waals surface area contributed by atoms with Gasteiger partial charge < -0.3 is 24.5 Å². The zero-order valence-corrected chi connectivity index (χ0v) is 18.5. The lowest BCUT2D eigenvalue weighted by atomic mass is 10.1. The third-order valence-electron chi connectivity index (χ3n) is 4.82. The number of anilines is 1. The number of nitrogens with zero attached hydrogens (tertiary/aromatic N) is 1. The molecule has 1 atom stereocenters. The molecule has 0 bridgehead atoms. The van der Waals surface area contributed by atoms with E-state index in [2.05, 4.69) is 0 Å². The van der Waals surface area contributed by atoms with Crippen LogP contribution in [0.1, 0.15) is 58.3 Å².